The average Bonchev–Trinajstić information content (AvgIpc) is 2.71. The summed E-state index contributed by atoms with van der Waals surface area (Å²) < 4.78 is 5.15. The third kappa shape index (κ3) is 1.41. The average molecular weight is 230 g/mol. The van der Waals surface area contributed by atoms with Gasteiger partial charge in [-0.3, -0.25) is 4.79 Å². The number of fused-ring (bicyclic) bond motifs is 1. The molecule has 1 aliphatic rings. The fourth-order valence-electron chi connectivity index (χ4n) is 2.24. The van der Waals surface area contributed by atoms with Crippen molar-refractivity contribution in [1.82, 2.24) is 4.98 Å². The van der Waals surface area contributed by atoms with Crippen LogP contribution in [0.5, 0.6) is 0 Å². The molecule has 1 aliphatic heterocycles. The zero-order valence-corrected chi connectivity index (χ0v) is 9.40. The molecule has 0 unspecified atom stereocenters. The van der Waals surface area contributed by atoms with Crippen molar-refractivity contribution in [1.29, 1.82) is 0 Å². The van der Waals surface area contributed by atoms with E-state index in [0.717, 1.165) is 10.9 Å². The predicted molar refractivity (Wildman–Crippen MR) is 64.9 cm³/mol. The van der Waals surface area contributed by atoms with Crippen LogP contribution < -0.4 is 5.73 Å². The Labute approximate surface area is 98.8 Å². The number of rotatable bonds is 3. The number of carbonyl (C=O) groups is 1. The molecule has 2 aromatic rings. The molecule has 0 atom stereocenters. The fraction of sp³-hybridized carbons (Fsp3) is 0.308. The minimum Gasteiger partial charge on any atom is -0.379 e. The van der Waals surface area contributed by atoms with Crippen LogP contribution in [0, 0.1) is 5.41 Å². The normalized spacial score (nSPS) is 17.9. The molecular formula is C13H14N2O2. The highest BCUT2D eigenvalue weighted by Gasteiger charge is 2.45. The van der Waals surface area contributed by atoms with Crippen LogP contribution in [-0.4, -0.2) is 30.5 Å². The number of benzene rings is 1. The van der Waals surface area contributed by atoms with Crippen LogP contribution in [0.25, 0.3) is 10.9 Å². The van der Waals surface area contributed by atoms with Crippen molar-refractivity contribution in [3.05, 3.63) is 36.0 Å². The Morgan fingerprint density at radius 1 is 1.41 bits per heavy atom. The van der Waals surface area contributed by atoms with Crippen molar-refractivity contribution in [3.63, 3.8) is 0 Å². The number of ketones is 1. The number of hydrogen-bond acceptors (Lipinski definition) is 3. The van der Waals surface area contributed by atoms with E-state index in [-0.39, 0.29) is 5.78 Å². The molecule has 0 spiro atoms. The second-order valence-corrected chi connectivity index (χ2v) is 4.55. The molecule has 88 valence electrons. The van der Waals surface area contributed by atoms with Gasteiger partial charge in [0.1, 0.15) is 0 Å². The maximum absolute atomic E-state index is 12.5. The lowest BCUT2D eigenvalue weighted by atomic mass is 9.78. The van der Waals surface area contributed by atoms with Gasteiger partial charge in [0.2, 0.25) is 0 Å². The first-order valence-corrected chi connectivity index (χ1v) is 5.66. The molecule has 1 saturated heterocycles. The number of nitrogens with two attached hydrogens (primary N) is 1. The predicted octanol–water partition coefficient (Wildman–Crippen LogP) is 1.33. The van der Waals surface area contributed by atoms with Crippen LogP contribution in [0.4, 0.5) is 0 Å². The minimum atomic E-state index is -0.509. The Bertz CT molecular complexity index is 564. The first-order valence-electron chi connectivity index (χ1n) is 5.66. The van der Waals surface area contributed by atoms with Crippen LogP contribution >= 0.6 is 0 Å². The summed E-state index contributed by atoms with van der Waals surface area (Å²) in [5.74, 6) is 0.0868. The monoisotopic (exact) mass is 230 g/mol. The van der Waals surface area contributed by atoms with E-state index >= 15 is 0 Å². The lowest BCUT2D eigenvalue weighted by molar-refractivity contribution is -0.0815. The molecule has 17 heavy (non-hydrogen) atoms. The van der Waals surface area contributed by atoms with E-state index < -0.39 is 5.41 Å². The van der Waals surface area contributed by atoms with Crippen molar-refractivity contribution < 1.29 is 9.53 Å². The molecular weight excluding hydrogens is 216 g/mol. The molecule has 4 nitrogen and oxygen atoms in total. The van der Waals surface area contributed by atoms with Crippen molar-refractivity contribution in [2.75, 3.05) is 19.8 Å². The van der Waals surface area contributed by atoms with Crippen LogP contribution in [0.15, 0.2) is 30.5 Å². The van der Waals surface area contributed by atoms with E-state index in [4.69, 9.17) is 10.5 Å². The molecule has 0 amide bonds. The summed E-state index contributed by atoms with van der Waals surface area (Å²) in [4.78, 5) is 15.6. The first-order chi connectivity index (χ1) is 8.27. The molecule has 3 N–H and O–H groups in total. The zero-order valence-electron chi connectivity index (χ0n) is 9.40. The number of ether oxygens (including phenoxy) is 1. The Morgan fingerprint density at radius 3 is 2.82 bits per heavy atom. The smallest absolute Gasteiger partial charge is 0.177 e. The Balaban J connectivity index is 2.07. The number of nitrogens with one attached hydrogen (secondary N) is 1. The van der Waals surface area contributed by atoms with Crippen molar-refractivity contribution in [2.45, 2.75) is 0 Å². The maximum Gasteiger partial charge on any atom is 0.177 e. The summed E-state index contributed by atoms with van der Waals surface area (Å²) in [6.45, 7) is 1.20. The van der Waals surface area contributed by atoms with Crippen LogP contribution in [-0.2, 0) is 4.74 Å². The highest BCUT2D eigenvalue weighted by molar-refractivity contribution is 6.11. The number of H-pyrrole nitrogens is 1. The van der Waals surface area contributed by atoms with Gasteiger partial charge in [-0.15, -0.1) is 0 Å². The van der Waals surface area contributed by atoms with Gasteiger partial charge in [0.05, 0.1) is 18.6 Å². The first kappa shape index (κ1) is 10.5. The summed E-state index contributed by atoms with van der Waals surface area (Å²) in [6, 6.07) is 7.78. The molecule has 4 heteroatoms. The van der Waals surface area contributed by atoms with E-state index in [1.54, 1.807) is 6.20 Å². The van der Waals surface area contributed by atoms with E-state index in [2.05, 4.69) is 4.98 Å². The molecule has 2 heterocycles. The number of aromatic amines is 1. The zero-order chi connectivity index (χ0) is 11.9. The van der Waals surface area contributed by atoms with Crippen molar-refractivity contribution in [3.8, 4) is 0 Å². The molecule has 1 aromatic heterocycles. The Kier molecular flexibility index (Phi) is 2.28. The topological polar surface area (TPSA) is 68.1 Å². The van der Waals surface area contributed by atoms with Gasteiger partial charge in [-0.1, -0.05) is 18.2 Å². The maximum atomic E-state index is 12.5. The third-order valence-corrected chi connectivity index (χ3v) is 3.46. The molecule has 1 fully saturated rings. The molecule has 0 aliphatic carbocycles. The lowest BCUT2D eigenvalue weighted by Crippen LogP contribution is -2.54. The van der Waals surface area contributed by atoms with E-state index in [1.165, 1.54) is 0 Å². The van der Waals surface area contributed by atoms with Crippen molar-refractivity contribution >= 4 is 16.7 Å². The number of para-hydroxylation sites is 1. The Hall–Kier alpha value is -1.65. The number of carbonyl (C=O) groups excluding carboxylic acids is 1. The van der Waals surface area contributed by atoms with E-state index in [9.17, 15) is 4.79 Å². The van der Waals surface area contributed by atoms with Crippen molar-refractivity contribution in [2.24, 2.45) is 11.1 Å². The minimum absolute atomic E-state index is 0.0868. The molecule has 0 bridgehead atoms. The third-order valence-electron chi connectivity index (χ3n) is 3.46. The second-order valence-electron chi connectivity index (χ2n) is 4.55. The fourth-order valence-corrected chi connectivity index (χ4v) is 2.24. The van der Waals surface area contributed by atoms with Gasteiger partial charge in [-0.25, -0.2) is 0 Å². The van der Waals surface area contributed by atoms with E-state index in [1.807, 2.05) is 24.3 Å². The molecule has 0 radical (unpaired) electrons. The molecule has 3 rings (SSSR count). The lowest BCUT2D eigenvalue weighted by Gasteiger charge is -2.38. The highest BCUT2D eigenvalue weighted by Crippen LogP contribution is 2.33. The second kappa shape index (κ2) is 3.68. The van der Waals surface area contributed by atoms with E-state index in [0.29, 0.717) is 25.3 Å². The standard InChI is InChI=1S/C13H14N2O2/c14-6-13(7-17-8-13)12(16)10-5-15-11-4-2-1-3-9(10)11/h1-5,15H,6-8,14H2. The SMILES string of the molecule is NCC1(C(=O)c2c[nH]c3ccccc23)COC1. The molecule has 0 saturated carbocycles. The summed E-state index contributed by atoms with van der Waals surface area (Å²) in [7, 11) is 0. The molecule has 1 aromatic carbocycles. The van der Waals surface area contributed by atoms with Gasteiger partial charge in [0.25, 0.3) is 0 Å². The van der Waals surface area contributed by atoms with Gasteiger partial charge >= 0.3 is 0 Å². The van der Waals surface area contributed by atoms with Crippen LogP contribution in [0.2, 0.25) is 0 Å². The van der Waals surface area contributed by atoms with Gasteiger partial charge in [0.15, 0.2) is 5.78 Å². The number of hydrogen-bond donors (Lipinski definition) is 2. The Morgan fingerprint density at radius 2 is 2.18 bits per heavy atom. The number of aromatic nitrogens is 1. The highest BCUT2D eigenvalue weighted by atomic mass is 16.5. The van der Waals surface area contributed by atoms with Gasteiger partial charge in [0, 0.05) is 29.2 Å². The van der Waals surface area contributed by atoms with Gasteiger partial charge < -0.3 is 15.5 Å². The summed E-state index contributed by atoms with van der Waals surface area (Å²) in [6.07, 6.45) is 1.77. The summed E-state index contributed by atoms with van der Waals surface area (Å²) >= 11 is 0. The summed E-state index contributed by atoms with van der Waals surface area (Å²) in [5.41, 5.74) is 6.89. The number of Topliss-reactive ketones (excluding diaryl/α,β-unsaturated/α-hetero) is 1. The largest absolute Gasteiger partial charge is 0.379 e. The quantitative estimate of drug-likeness (QED) is 0.781. The van der Waals surface area contributed by atoms with Crippen LogP contribution in [0.3, 0.4) is 0 Å². The van der Waals surface area contributed by atoms with Crippen LogP contribution in [0.1, 0.15) is 10.4 Å². The van der Waals surface area contributed by atoms with Gasteiger partial charge in [-0.2, -0.15) is 0 Å². The van der Waals surface area contributed by atoms with Gasteiger partial charge in [-0.05, 0) is 6.07 Å². The summed E-state index contributed by atoms with van der Waals surface area (Å²) in [5, 5.41) is 0.956.